The van der Waals surface area contributed by atoms with Crippen LogP contribution in [0.15, 0.2) is 4.52 Å². The molecule has 7 heteroatoms. The summed E-state index contributed by atoms with van der Waals surface area (Å²) in [6.07, 6.45) is 3.10. The number of carbonyl (C=O) groups excluding carboxylic acids is 1. The number of hydrogen-bond acceptors (Lipinski definition) is 6. The third-order valence-electron chi connectivity index (χ3n) is 5.15. The smallest absolute Gasteiger partial charge is 0.226 e. The van der Waals surface area contributed by atoms with Crippen molar-refractivity contribution < 1.29 is 14.1 Å². The van der Waals surface area contributed by atoms with Crippen LogP contribution in [-0.4, -0.2) is 71.3 Å². The van der Waals surface area contributed by atoms with Crippen LogP contribution in [0.3, 0.4) is 0 Å². The van der Waals surface area contributed by atoms with Crippen molar-refractivity contribution in [2.45, 2.75) is 45.6 Å². The topological polar surface area (TPSA) is 71.7 Å². The van der Waals surface area contributed by atoms with Crippen molar-refractivity contribution in [3.63, 3.8) is 0 Å². The summed E-state index contributed by atoms with van der Waals surface area (Å²) in [6.45, 7) is 9.37. The van der Waals surface area contributed by atoms with E-state index in [1.54, 1.807) is 6.92 Å². The summed E-state index contributed by atoms with van der Waals surface area (Å²) < 4.78 is 10.6. The predicted octanol–water partition coefficient (Wildman–Crippen LogP) is 1.27. The van der Waals surface area contributed by atoms with Crippen LogP contribution in [0.25, 0.3) is 0 Å². The Morgan fingerprint density at radius 1 is 1.29 bits per heavy atom. The van der Waals surface area contributed by atoms with Crippen LogP contribution in [0, 0.1) is 12.8 Å². The molecule has 2 saturated heterocycles. The minimum Gasteiger partial charge on any atom is -0.379 e. The van der Waals surface area contributed by atoms with E-state index in [-0.39, 0.29) is 5.91 Å². The standard InChI is InChI=1S/C17H28N4O3/c1-3-14-11-21(12-15(14)20-7-9-23-10-8-20)17(22)6-4-5-16-18-13(2)19-24-16/h14-15H,3-12H2,1-2H3. The predicted molar refractivity (Wildman–Crippen MR) is 88.5 cm³/mol. The SMILES string of the molecule is CCC1CN(C(=O)CCCc2nc(C)no2)CC1N1CCOCC1. The van der Waals surface area contributed by atoms with E-state index in [0.717, 1.165) is 52.2 Å². The van der Waals surface area contributed by atoms with E-state index in [1.807, 2.05) is 4.90 Å². The highest BCUT2D eigenvalue weighted by molar-refractivity contribution is 5.76. The maximum Gasteiger partial charge on any atom is 0.226 e. The number of aromatic nitrogens is 2. The fourth-order valence-electron chi connectivity index (χ4n) is 3.77. The van der Waals surface area contributed by atoms with Gasteiger partial charge in [0, 0.05) is 45.1 Å². The number of nitrogens with zero attached hydrogens (tertiary/aromatic N) is 4. The van der Waals surface area contributed by atoms with Crippen LogP contribution in [0.1, 0.15) is 37.9 Å². The summed E-state index contributed by atoms with van der Waals surface area (Å²) in [4.78, 5) is 21.3. The second-order valence-electron chi connectivity index (χ2n) is 6.77. The molecule has 3 rings (SSSR count). The monoisotopic (exact) mass is 336 g/mol. The van der Waals surface area contributed by atoms with Gasteiger partial charge in [0.25, 0.3) is 0 Å². The minimum atomic E-state index is 0.250. The number of likely N-dealkylation sites (tertiary alicyclic amines) is 1. The van der Waals surface area contributed by atoms with Gasteiger partial charge in [-0.25, -0.2) is 0 Å². The van der Waals surface area contributed by atoms with Crippen LogP contribution in [0.2, 0.25) is 0 Å². The molecule has 0 saturated carbocycles. The Bertz CT molecular complexity index is 542. The van der Waals surface area contributed by atoms with Crippen molar-refractivity contribution in [3.05, 3.63) is 11.7 Å². The van der Waals surface area contributed by atoms with Gasteiger partial charge in [0.15, 0.2) is 5.82 Å². The molecule has 134 valence electrons. The Hall–Kier alpha value is -1.47. The molecule has 0 N–H and O–H groups in total. The number of hydrogen-bond donors (Lipinski definition) is 0. The van der Waals surface area contributed by atoms with Crippen molar-refractivity contribution in [2.24, 2.45) is 5.92 Å². The minimum absolute atomic E-state index is 0.250. The molecule has 2 fully saturated rings. The van der Waals surface area contributed by atoms with Gasteiger partial charge in [-0.1, -0.05) is 18.5 Å². The van der Waals surface area contributed by atoms with Crippen molar-refractivity contribution >= 4 is 5.91 Å². The lowest BCUT2D eigenvalue weighted by Gasteiger charge is -2.34. The van der Waals surface area contributed by atoms with Crippen LogP contribution < -0.4 is 0 Å². The van der Waals surface area contributed by atoms with Gasteiger partial charge < -0.3 is 14.2 Å². The summed E-state index contributed by atoms with van der Waals surface area (Å²) in [7, 11) is 0. The second kappa shape index (κ2) is 8.07. The van der Waals surface area contributed by atoms with Gasteiger partial charge in [-0.15, -0.1) is 0 Å². The highest BCUT2D eigenvalue weighted by Gasteiger charge is 2.37. The molecule has 1 aromatic rings. The Morgan fingerprint density at radius 2 is 2.08 bits per heavy atom. The zero-order chi connectivity index (χ0) is 16.9. The highest BCUT2D eigenvalue weighted by Crippen LogP contribution is 2.26. The lowest BCUT2D eigenvalue weighted by molar-refractivity contribution is -0.130. The van der Waals surface area contributed by atoms with Gasteiger partial charge in [-0.2, -0.15) is 4.98 Å². The summed E-state index contributed by atoms with van der Waals surface area (Å²) in [6, 6.07) is 0.487. The molecular weight excluding hydrogens is 308 g/mol. The molecule has 24 heavy (non-hydrogen) atoms. The van der Waals surface area contributed by atoms with E-state index in [2.05, 4.69) is 22.0 Å². The maximum absolute atomic E-state index is 12.5. The van der Waals surface area contributed by atoms with Crippen molar-refractivity contribution in [2.75, 3.05) is 39.4 Å². The third-order valence-corrected chi connectivity index (χ3v) is 5.15. The molecule has 0 spiro atoms. The molecule has 2 aliphatic rings. The molecule has 0 radical (unpaired) electrons. The fourth-order valence-corrected chi connectivity index (χ4v) is 3.77. The summed E-state index contributed by atoms with van der Waals surface area (Å²) in [5, 5.41) is 3.78. The van der Waals surface area contributed by atoms with Crippen LogP contribution >= 0.6 is 0 Å². The van der Waals surface area contributed by atoms with Crippen molar-refractivity contribution in [3.8, 4) is 0 Å². The van der Waals surface area contributed by atoms with E-state index in [0.29, 0.717) is 36.5 Å². The van der Waals surface area contributed by atoms with Crippen molar-refractivity contribution in [1.29, 1.82) is 0 Å². The largest absolute Gasteiger partial charge is 0.379 e. The quantitative estimate of drug-likeness (QED) is 0.779. The number of rotatable bonds is 6. The third kappa shape index (κ3) is 4.13. The second-order valence-corrected chi connectivity index (χ2v) is 6.77. The van der Waals surface area contributed by atoms with Crippen molar-refractivity contribution in [1.82, 2.24) is 19.9 Å². The molecule has 1 aromatic heterocycles. The molecule has 0 bridgehead atoms. The first-order valence-electron chi connectivity index (χ1n) is 9.06. The fraction of sp³-hybridized carbons (Fsp3) is 0.824. The Morgan fingerprint density at radius 3 is 2.75 bits per heavy atom. The van der Waals surface area contributed by atoms with Crippen LogP contribution in [0.4, 0.5) is 0 Å². The molecule has 2 aliphatic heterocycles. The molecule has 0 aromatic carbocycles. The number of morpholine rings is 1. The van der Waals surface area contributed by atoms with Crippen LogP contribution in [-0.2, 0) is 16.0 Å². The van der Waals surface area contributed by atoms with Gasteiger partial charge in [-0.3, -0.25) is 9.69 Å². The molecule has 0 aliphatic carbocycles. The molecular formula is C17H28N4O3. The molecule has 7 nitrogen and oxygen atoms in total. The summed E-state index contributed by atoms with van der Waals surface area (Å²) >= 11 is 0. The molecule has 2 atom stereocenters. The molecule has 2 unspecified atom stereocenters. The van der Waals surface area contributed by atoms with E-state index in [1.165, 1.54) is 0 Å². The zero-order valence-corrected chi connectivity index (χ0v) is 14.7. The average molecular weight is 336 g/mol. The van der Waals surface area contributed by atoms with Gasteiger partial charge in [0.05, 0.1) is 13.2 Å². The van der Waals surface area contributed by atoms with E-state index in [4.69, 9.17) is 9.26 Å². The Kier molecular flexibility index (Phi) is 5.84. The van der Waals surface area contributed by atoms with Gasteiger partial charge in [-0.05, 0) is 19.3 Å². The number of ether oxygens (including phenoxy) is 1. The van der Waals surface area contributed by atoms with E-state index < -0.39 is 0 Å². The highest BCUT2D eigenvalue weighted by atomic mass is 16.5. The van der Waals surface area contributed by atoms with Gasteiger partial charge in [0.2, 0.25) is 11.8 Å². The molecule has 3 heterocycles. The van der Waals surface area contributed by atoms with E-state index >= 15 is 0 Å². The average Bonchev–Trinajstić information content (AvgIpc) is 3.22. The lowest BCUT2D eigenvalue weighted by Crippen LogP contribution is -2.47. The van der Waals surface area contributed by atoms with E-state index in [9.17, 15) is 4.79 Å². The molecule has 1 amide bonds. The number of carbonyl (C=O) groups is 1. The van der Waals surface area contributed by atoms with Crippen LogP contribution in [0.5, 0.6) is 0 Å². The first-order valence-corrected chi connectivity index (χ1v) is 9.06. The number of amides is 1. The first kappa shape index (κ1) is 17.4. The first-order chi connectivity index (χ1) is 11.7. The van der Waals surface area contributed by atoms with Gasteiger partial charge >= 0.3 is 0 Å². The normalized spacial score (nSPS) is 25.3. The Labute approximate surface area is 143 Å². The van der Waals surface area contributed by atoms with Gasteiger partial charge in [0.1, 0.15) is 0 Å². The summed E-state index contributed by atoms with van der Waals surface area (Å²) in [5.41, 5.74) is 0. The lowest BCUT2D eigenvalue weighted by atomic mass is 9.99. The maximum atomic E-state index is 12.5. The summed E-state index contributed by atoms with van der Waals surface area (Å²) in [5.74, 6) is 2.10. The number of aryl methyl sites for hydroxylation is 2. The zero-order valence-electron chi connectivity index (χ0n) is 14.7. The Balaban J connectivity index is 1.48.